The summed E-state index contributed by atoms with van der Waals surface area (Å²) in [4.78, 5) is 8.19. The number of halogens is 3. The summed E-state index contributed by atoms with van der Waals surface area (Å²) in [6.07, 6.45) is -0.263. The van der Waals surface area contributed by atoms with Crippen LogP contribution in [0.4, 0.5) is 13.2 Å². The molecule has 6 heteroatoms. The van der Waals surface area contributed by atoms with E-state index >= 15 is 0 Å². The Hall–Kier alpha value is -2.73. The molecule has 0 bridgehead atoms. The fourth-order valence-electron chi connectivity index (χ4n) is 2.62. The summed E-state index contributed by atoms with van der Waals surface area (Å²) < 4.78 is 38.9. The van der Waals surface area contributed by atoms with Gasteiger partial charge < -0.3 is 5.11 Å². The van der Waals surface area contributed by atoms with Gasteiger partial charge in [-0.3, -0.25) is 9.97 Å². The zero-order valence-electron chi connectivity index (χ0n) is 13.1. The highest BCUT2D eigenvalue weighted by Gasteiger charge is 2.30. The van der Waals surface area contributed by atoms with E-state index in [0.29, 0.717) is 23.2 Å². The molecular formula is C19H15F3N2O. The molecule has 1 unspecified atom stereocenters. The number of aliphatic hydroxyl groups is 1. The van der Waals surface area contributed by atoms with E-state index in [0.717, 1.165) is 17.7 Å². The first-order valence-electron chi connectivity index (χ1n) is 7.64. The molecule has 2 heterocycles. The maximum atomic E-state index is 13.0. The number of benzene rings is 1. The van der Waals surface area contributed by atoms with Crippen LogP contribution in [0.2, 0.25) is 0 Å². The molecule has 1 N–H and O–H groups in total. The fraction of sp³-hybridized carbons (Fsp3) is 0.158. The van der Waals surface area contributed by atoms with Crippen molar-refractivity contribution in [2.24, 2.45) is 0 Å². The van der Waals surface area contributed by atoms with Crippen molar-refractivity contribution in [3.63, 3.8) is 0 Å². The molecule has 3 aromatic rings. The van der Waals surface area contributed by atoms with E-state index in [2.05, 4.69) is 9.97 Å². The normalized spacial score (nSPS) is 12.8. The molecule has 0 fully saturated rings. The van der Waals surface area contributed by atoms with Gasteiger partial charge in [0.1, 0.15) is 0 Å². The van der Waals surface area contributed by atoms with Crippen LogP contribution in [-0.2, 0) is 12.6 Å². The average molecular weight is 344 g/mol. The van der Waals surface area contributed by atoms with Crippen LogP contribution in [0.15, 0.2) is 67.1 Å². The van der Waals surface area contributed by atoms with Gasteiger partial charge in [0.25, 0.3) is 0 Å². The second-order valence-corrected chi connectivity index (χ2v) is 5.60. The topological polar surface area (TPSA) is 46.0 Å². The lowest BCUT2D eigenvalue weighted by atomic mass is 9.96. The summed E-state index contributed by atoms with van der Waals surface area (Å²) in [6.45, 7) is 0. The van der Waals surface area contributed by atoms with Gasteiger partial charge >= 0.3 is 6.18 Å². The third-order valence-electron chi connectivity index (χ3n) is 3.81. The largest absolute Gasteiger partial charge is 0.416 e. The van der Waals surface area contributed by atoms with Crippen molar-refractivity contribution in [1.29, 1.82) is 0 Å². The van der Waals surface area contributed by atoms with Gasteiger partial charge in [-0.05, 0) is 29.8 Å². The summed E-state index contributed by atoms with van der Waals surface area (Å²) in [5, 5.41) is 10.6. The minimum Gasteiger partial charge on any atom is -0.388 e. The Morgan fingerprint density at radius 3 is 2.52 bits per heavy atom. The highest BCUT2D eigenvalue weighted by atomic mass is 19.4. The van der Waals surface area contributed by atoms with E-state index in [4.69, 9.17) is 0 Å². The van der Waals surface area contributed by atoms with E-state index in [1.165, 1.54) is 12.3 Å². The van der Waals surface area contributed by atoms with Crippen LogP contribution < -0.4 is 0 Å². The van der Waals surface area contributed by atoms with Gasteiger partial charge in [0.2, 0.25) is 0 Å². The number of nitrogens with zero attached hydrogens (tertiary/aromatic N) is 2. The molecule has 0 saturated carbocycles. The second-order valence-electron chi connectivity index (χ2n) is 5.60. The molecule has 25 heavy (non-hydrogen) atoms. The van der Waals surface area contributed by atoms with Gasteiger partial charge in [0.05, 0.1) is 17.4 Å². The number of pyridine rings is 2. The lowest BCUT2D eigenvalue weighted by molar-refractivity contribution is -0.137. The molecule has 1 atom stereocenters. The third kappa shape index (κ3) is 4.03. The molecule has 0 radical (unpaired) electrons. The average Bonchev–Trinajstić information content (AvgIpc) is 2.62. The van der Waals surface area contributed by atoms with Gasteiger partial charge in [-0.25, -0.2) is 0 Å². The van der Waals surface area contributed by atoms with Crippen LogP contribution in [0.25, 0.3) is 11.3 Å². The molecule has 3 rings (SSSR count). The summed E-state index contributed by atoms with van der Waals surface area (Å²) in [5.74, 6) is 0. The molecule has 2 aromatic heterocycles. The minimum atomic E-state index is -4.43. The highest BCUT2D eigenvalue weighted by Crippen LogP contribution is 2.34. The first-order valence-corrected chi connectivity index (χ1v) is 7.64. The van der Waals surface area contributed by atoms with Crippen molar-refractivity contribution in [1.82, 2.24) is 9.97 Å². The molecule has 0 saturated heterocycles. The zero-order valence-corrected chi connectivity index (χ0v) is 13.1. The Labute approximate surface area is 142 Å². The van der Waals surface area contributed by atoms with Crippen molar-refractivity contribution in [2.45, 2.75) is 18.7 Å². The van der Waals surface area contributed by atoms with Crippen LogP contribution >= 0.6 is 0 Å². The fourth-order valence-corrected chi connectivity index (χ4v) is 2.62. The summed E-state index contributed by atoms with van der Waals surface area (Å²) in [6, 6.07) is 11.9. The first kappa shape index (κ1) is 17.1. The second kappa shape index (κ2) is 7.03. The van der Waals surface area contributed by atoms with E-state index in [1.807, 2.05) is 6.07 Å². The molecular weight excluding hydrogens is 329 g/mol. The Kier molecular flexibility index (Phi) is 4.81. The van der Waals surface area contributed by atoms with Gasteiger partial charge in [0.15, 0.2) is 0 Å². The molecule has 0 aliphatic rings. The Bertz CT molecular complexity index is 851. The van der Waals surface area contributed by atoms with Gasteiger partial charge in [0, 0.05) is 36.1 Å². The number of hydrogen-bond donors (Lipinski definition) is 1. The van der Waals surface area contributed by atoms with Crippen molar-refractivity contribution < 1.29 is 18.3 Å². The molecule has 0 aliphatic heterocycles. The Balaban J connectivity index is 1.96. The predicted octanol–water partition coefficient (Wildman–Crippen LogP) is 4.44. The van der Waals surface area contributed by atoms with Crippen LogP contribution in [-0.4, -0.2) is 15.1 Å². The Morgan fingerprint density at radius 2 is 1.80 bits per heavy atom. The zero-order chi connectivity index (χ0) is 17.9. The lowest BCUT2D eigenvalue weighted by Gasteiger charge is -2.16. The van der Waals surface area contributed by atoms with Crippen molar-refractivity contribution >= 4 is 0 Å². The van der Waals surface area contributed by atoms with Crippen molar-refractivity contribution in [2.75, 3.05) is 0 Å². The summed E-state index contributed by atoms with van der Waals surface area (Å²) >= 11 is 0. The van der Waals surface area contributed by atoms with Crippen LogP contribution in [0.3, 0.4) is 0 Å². The van der Waals surface area contributed by atoms with E-state index in [-0.39, 0.29) is 0 Å². The molecule has 0 aliphatic carbocycles. The van der Waals surface area contributed by atoms with Crippen LogP contribution in [0.5, 0.6) is 0 Å². The molecule has 128 valence electrons. The standard InChI is InChI=1S/C19H15F3N2O/c20-19(21,22)15-6-1-5-14(11-15)18-16(7-3-9-24-18)17(25)10-13-4-2-8-23-12-13/h1-9,11-12,17,25H,10H2. The van der Waals surface area contributed by atoms with E-state index < -0.39 is 17.8 Å². The van der Waals surface area contributed by atoms with E-state index in [9.17, 15) is 18.3 Å². The number of alkyl halides is 3. The minimum absolute atomic E-state index is 0.297. The number of aliphatic hydroxyl groups excluding tert-OH is 1. The molecule has 0 spiro atoms. The smallest absolute Gasteiger partial charge is 0.388 e. The Morgan fingerprint density at radius 1 is 1.00 bits per heavy atom. The number of hydrogen-bond acceptors (Lipinski definition) is 3. The highest BCUT2D eigenvalue weighted by molar-refractivity contribution is 5.64. The van der Waals surface area contributed by atoms with Gasteiger partial charge in [-0.2, -0.15) is 13.2 Å². The summed E-state index contributed by atoms with van der Waals surface area (Å²) in [5.41, 5.74) is 1.21. The molecule has 3 nitrogen and oxygen atoms in total. The maximum absolute atomic E-state index is 13.0. The third-order valence-corrected chi connectivity index (χ3v) is 3.81. The summed E-state index contributed by atoms with van der Waals surface area (Å²) in [7, 11) is 0. The molecule has 1 aromatic carbocycles. The SMILES string of the molecule is OC(Cc1cccnc1)c1cccnc1-c1cccc(C(F)(F)F)c1. The molecule has 0 amide bonds. The maximum Gasteiger partial charge on any atom is 0.416 e. The van der Waals surface area contributed by atoms with E-state index in [1.54, 1.807) is 36.7 Å². The van der Waals surface area contributed by atoms with Gasteiger partial charge in [-0.1, -0.05) is 24.3 Å². The number of rotatable bonds is 4. The lowest BCUT2D eigenvalue weighted by Crippen LogP contribution is -2.07. The predicted molar refractivity (Wildman–Crippen MR) is 87.6 cm³/mol. The van der Waals surface area contributed by atoms with Gasteiger partial charge in [-0.15, -0.1) is 0 Å². The van der Waals surface area contributed by atoms with Crippen LogP contribution in [0, 0.1) is 0 Å². The number of aromatic nitrogens is 2. The van der Waals surface area contributed by atoms with Crippen LogP contribution in [0.1, 0.15) is 22.8 Å². The monoisotopic (exact) mass is 344 g/mol. The van der Waals surface area contributed by atoms with Crippen molar-refractivity contribution in [3.05, 3.63) is 83.8 Å². The van der Waals surface area contributed by atoms with Crippen molar-refractivity contribution in [3.8, 4) is 11.3 Å². The quantitative estimate of drug-likeness (QED) is 0.761. The first-order chi connectivity index (χ1) is 11.9.